The molecule has 1 heterocycles. The third-order valence-corrected chi connectivity index (χ3v) is 7.11. The Morgan fingerprint density at radius 3 is 2.71 bits per heavy atom. The maximum absolute atomic E-state index is 12.2. The molecule has 0 spiro atoms. The normalized spacial score (nSPS) is 16.6. The molecule has 1 aromatic rings. The number of hydrogen-bond donors (Lipinski definition) is 4. The Balaban J connectivity index is 1.69. The second-order valence-electron chi connectivity index (χ2n) is 7.17. The highest BCUT2D eigenvalue weighted by atomic mass is 35.5. The summed E-state index contributed by atoms with van der Waals surface area (Å²) >= 11 is 14.2. The number of carbonyl (C=O) groups excluding carboxylic acids is 3. The lowest BCUT2D eigenvalue weighted by atomic mass is 10.2. The average molecular weight is 550 g/mol. The van der Waals surface area contributed by atoms with Crippen molar-refractivity contribution >= 4 is 69.6 Å². The predicted octanol–water partition coefficient (Wildman–Crippen LogP) is 1.47. The van der Waals surface area contributed by atoms with Gasteiger partial charge in [-0.2, -0.15) is 5.10 Å². The van der Waals surface area contributed by atoms with Crippen molar-refractivity contribution < 1.29 is 19.1 Å². The number of morpholine rings is 1. The number of benzene rings is 1. The van der Waals surface area contributed by atoms with Crippen LogP contribution in [0.1, 0.15) is 12.0 Å². The summed E-state index contributed by atoms with van der Waals surface area (Å²) in [4.78, 5) is 36.8. The van der Waals surface area contributed by atoms with Crippen LogP contribution >= 0.6 is 46.7 Å². The molecule has 1 fully saturated rings. The fourth-order valence-electron chi connectivity index (χ4n) is 2.91. The second kappa shape index (κ2) is 14.4. The smallest absolute Gasteiger partial charge is 0.235 e. The van der Waals surface area contributed by atoms with Gasteiger partial charge >= 0.3 is 0 Å². The minimum atomic E-state index is -0.775. The molecule has 186 valence electrons. The van der Waals surface area contributed by atoms with Crippen molar-refractivity contribution in [3.63, 3.8) is 0 Å². The topological polar surface area (TPSA) is 152 Å². The van der Waals surface area contributed by atoms with Crippen LogP contribution < -0.4 is 22.2 Å². The average Bonchev–Trinajstić information content (AvgIpc) is 2.78. The van der Waals surface area contributed by atoms with Gasteiger partial charge in [-0.1, -0.05) is 35.8 Å². The number of rotatable bonds is 10. The number of nitrogens with one attached hydrogen (secondary N) is 2. The van der Waals surface area contributed by atoms with Crippen LogP contribution in [0.3, 0.4) is 0 Å². The molecule has 1 aliphatic heterocycles. The molecule has 14 heteroatoms. The number of amidine groups is 1. The number of amides is 3. The van der Waals surface area contributed by atoms with Crippen LogP contribution in [-0.4, -0.2) is 65.9 Å². The number of nitrogens with zero attached hydrogens (tertiary/aromatic N) is 2. The number of ether oxygens (including phenoxy) is 1. The number of carbonyl (C=O) groups is 3. The van der Waals surface area contributed by atoms with E-state index in [0.29, 0.717) is 40.5 Å². The fraction of sp³-hybridized carbons (Fsp3) is 0.400. The Morgan fingerprint density at radius 1 is 1.26 bits per heavy atom. The van der Waals surface area contributed by atoms with Gasteiger partial charge in [0.25, 0.3) is 0 Å². The zero-order valence-corrected chi connectivity index (χ0v) is 21.4. The molecule has 1 saturated heterocycles. The summed E-state index contributed by atoms with van der Waals surface area (Å²) in [5.74, 6) is 3.74. The first-order valence-electron chi connectivity index (χ1n) is 10.1. The van der Waals surface area contributed by atoms with Crippen LogP contribution in [-0.2, 0) is 25.7 Å². The van der Waals surface area contributed by atoms with Crippen molar-refractivity contribution in [1.29, 1.82) is 0 Å². The molecule has 0 aromatic heterocycles. The van der Waals surface area contributed by atoms with Crippen LogP contribution in [0.15, 0.2) is 34.1 Å². The van der Waals surface area contributed by atoms with E-state index in [-0.39, 0.29) is 22.9 Å². The van der Waals surface area contributed by atoms with Gasteiger partial charge < -0.3 is 26.9 Å². The van der Waals surface area contributed by atoms with Gasteiger partial charge in [0.05, 0.1) is 28.5 Å². The number of halogens is 2. The largest absolute Gasteiger partial charge is 0.374 e. The summed E-state index contributed by atoms with van der Waals surface area (Å²) in [6.07, 6.45) is -0.630. The fourth-order valence-corrected chi connectivity index (χ4v) is 4.71. The van der Waals surface area contributed by atoms with E-state index >= 15 is 0 Å². The molecule has 6 N–H and O–H groups in total. The SMILES string of the molecule is C=C(SCC(=O)NC[C@H]1CN(Cc2ccc(Cl)c(Cl)c2)CCO1)S/C(=N\N)NC(=O)CC(N)=O. The molecule has 0 saturated carbocycles. The second-order valence-corrected chi connectivity index (χ2v) is 10.4. The van der Waals surface area contributed by atoms with Crippen LogP contribution in [0.2, 0.25) is 10.0 Å². The van der Waals surface area contributed by atoms with Gasteiger partial charge in [0, 0.05) is 30.4 Å². The Kier molecular flexibility index (Phi) is 12.0. The number of primary amides is 1. The maximum Gasteiger partial charge on any atom is 0.235 e. The predicted molar refractivity (Wildman–Crippen MR) is 137 cm³/mol. The minimum Gasteiger partial charge on any atom is -0.374 e. The van der Waals surface area contributed by atoms with E-state index in [1.807, 2.05) is 12.1 Å². The summed E-state index contributed by atoms with van der Waals surface area (Å²) in [6.45, 7) is 6.89. The Hall–Kier alpha value is -1.96. The van der Waals surface area contributed by atoms with Gasteiger partial charge in [0.15, 0.2) is 5.17 Å². The molecule has 0 unspecified atom stereocenters. The third kappa shape index (κ3) is 10.5. The van der Waals surface area contributed by atoms with Crippen molar-refractivity contribution in [2.24, 2.45) is 16.7 Å². The lowest BCUT2D eigenvalue weighted by Crippen LogP contribution is -2.47. The van der Waals surface area contributed by atoms with E-state index in [9.17, 15) is 14.4 Å². The molecule has 3 amide bonds. The van der Waals surface area contributed by atoms with Crippen LogP contribution in [0.5, 0.6) is 0 Å². The highest BCUT2D eigenvalue weighted by Crippen LogP contribution is 2.27. The molecule has 1 atom stereocenters. The van der Waals surface area contributed by atoms with Gasteiger partial charge in [-0.05, 0) is 29.5 Å². The van der Waals surface area contributed by atoms with Crippen LogP contribution in [0.4, 0.5) is 0 Å². The van der Waals surface area contributed by atoms with Crippen molar-refractivity contribution in [2.45, 2.75) is 19.1 Å². The number of hydrazone groups is 1. The van der Waals surface area contributed by atoms with Crippen LogP contribution in [0.25, 0.3) is 0 Å². The molecule has 0 radical (unpaired) electrons. The third-order valence-electron chi connectivity index (χ3n) is 4.41. The van der Waals surface area contributed by atoms with Gasteiger partial charge in [-0.15, -0.1) is 11.8 Å². The Labute approximate surface area is 216 Å². The van der Waals surface area contributed by atoms with Gasteiger partial charge in [0.2, 0.25) is 17.7 Å². The van der Waals surface area contributed by atoms with Crippen molar-refractivity contribution in [3.8, 4) is 0 Å². The summed E-state index contributed by atoms with van der Waals surface area (Å²) in [5.41, 5.74) is 6.02. The quantitative estimate of drug-likeness (QED) is 0.113. The number of hydrogen-bond acceptors (Lipinski definition) is 9. The Bertz CT molecular complexity index is 950. The molecular weight excluding hydrogens is 523 g/mol. The van der Waals surface area contributed by atoms with Gasteiger partial charge in [-0.25, -0.2) is 0 Å². The van der Waals surface area contributed by atoms with E-state index in [4.69, 9.17) is 39.5 Å². The summed E-state index contributed by atoms with van der Waals surface area (Å²) in [5, 5.41) is 9.72. The number of nitrogens with two attached hydrogens (primary N) is 2. The molecular formula is C20H26Cl2N6O4S2. The monoisotopic (exact) mass is 548 g/mol. The molecule has 10 nitrogen and oxygen atoms in total. The molecule has 1 aromatic carbocycles. The molecule has 1 aliphatic rings. The molecule has 2 rings (SSSR count). The van der Waals surface area contributed by atoms with Crippen molar-refractivity contribution in [3.05, 3.63) is 44.6 Å². The molecule has 34 heavy (non-hydrogen) atoms. The molecule has 0 bridgehead atoms. The lowest BCUT2D eigenvalue weighted by Gasteiger charge is -2.33. The first-order chi connectivity index (χ1) is 16.2. The first-order valence-corrected chi connectivity index (χ1v) is 12.6. The van der Waals surface area contributed by atoms with Crippen LogP contribution in [0, 0.1) is 0 Å². The van der Waals surface area contributed by atoms with Crippen molar-refractivity contribution in [2.75, 3.05) is 32.0 Å². The zero-order valence-electron chi connectivity index (χ0n) is 18.2. The van der Waals surface area contributed by atoms with Gasteiger partial charge in [-0.3, -0.25) is 19.3 Å². The zero-order chi connectivity index (χ0) is 25.1. The summed E-state index contributed by atoms with van der Waals surface area (Å²) < 4.78 is 6.25. The van der Waals surface area contributed by atoms with E-state index in [1.54, 1.807) is 6.07 Å². The van der Waals surface area contributed by atoms with E-state index in [1.165, 1.54) is 0 Å². The van der Waals surface area contributed by atoms with E-state index < -0.39 is 18.2 Å². The molecule has 0 aliphatic carbocycles. The summed E-state index contributed by atoms with van der Waals surface area (Å²) in [7, 11) is 0. The maximum atomic E-state index is 12.2. The lowest BCUT2D eigenvalue weighted by molar-refractivity contribution is -0.126. The van der Waals surface area contributed by atoms with Gasteiger partial charge in [0.1, 0.15) is 6.42 Å². The number of thioether (sulfide) groups is 2. The first kappa shape index (κ1) is 28.3. The van der Waals surface area contributed by atoms with E-state index in [2.05, 4.69) is 27.2 Å². The standard InChI is InChI=1S/C20H26Cl2N6O4S2/c1-12(34-20(27-24)26-18(30)7-17(23)29)33-11-19(31)25-8-14-10-28(4-5-32-14)9-13-2-3-15(21)16(22)6-13/h2-3,6,14H,1,4-5,7-11,24H2,(H2,23,29)(H,25,31)(H,26,27,30)/t14-/m0/s1. The highest BCUT2D eigenvalue weighted by molar-refractivity contribution is 8.29. The minimum absolute atomic E-state index is 0.0434. The summed E-state index contributed by atoms with van der Waals surface area (Å²) in [6, 6.07) is 5.56. The highest BCUT2D eigenvalue weighted by Gasteiger charge is 2.21. The Morgan fingerprint density at radius 2 is 2.03 bits per heavy atom. The van der Waals surface area contributed by atoms with Crippen molar-refractivity contribution in [1.82, 2.24) is 15.5 Å². The van der Waals surface area contributed by atoms with E-state index in [0.717, 1.165) is 35.6 Å².